The number of rotatable bonds is 10. The molecule has 0 aromatic heterocycles. The van der Waals surface area contributed by atoms with E-state index in [1.54, 1.807) is 0 Å². The molecule has 1 atom stereocenters. The lowest BCUT2D eigenvalue weighted by atomic mass is 10.2. The fourth-order valence-electron chi connectivity index (χ4n) is 2.08. The highest BCUT2D eigenvalue weighted by atomic mass is 31.2. The maximum Gasteiger partial charge on any atom is 0.101 e. The van der Waals surface area contributed by atoms with Crippen LogP contribution in [0.2, 0.25) is 0 Å². The summed E-state index contributed by atoms with van der Waals surface area (Å²) in [5, 5.41) is 8.67. The monoisotopic (exact) mass is 263 g/mol. The van der Waals surface area contributed by atoms with Gasteiger partial charge in [0.2, 0.25) is 0 Å². The fraction of sp³-hybridized carbons (Fsp3) is 1.00. The van der Waals surface area contributed by atoms with Crippen molar-refractivity contribution < 1.29 is 9.63 Å². The molecule has 0 bridgehead atoms. The van der Waals surface area contributed by atoms with E-state index in [1.807, 2.05) is 0 Å². The molecule has 0 amide bonds. The molecule has 1 unspecified atom stereocenters. The third kappa shape index (κ3) is 8.10. The van der Waals surface area contributed by atoms with Gasteiger partial charge in [-0.1, -0.05) is 12.8 Å². The highest BCUT2D eigenvalue weighted by Crippen LogP contribution is 2.40. The van der Waals surface area contributed by atoms with Gasteiger partial charge < -0.3 is 9.63 Å². The molecule has 0 radical (unpaired) electrons. The van der Waals surface area contributed by atoms with Crippen LogP contribution in [0.1, 0.15) is 53.4 Å². The molecule has 1 N–H and O–H groups in total. The van der Waals surface area contributed by atoms with Gasteiger partial charge in [-0.2, -0.15) is 0 Å². The van der Waals surface area contributed by atoms with Gasteiger partial charge >= 0.3 is 0 Å². The number of hydrogen-bond acceptors (Lipinski definition) is 3. The largest absolute Gasteiger partial charge is 0.396 e. The molecular weight excluding hydrogens is 233 g/mol. The third-order valence-electron chi connectivity index (χ3n) is 2.71. The maximum absolute atomic E-state index is 8.67. The molecule has 0 saturated heterocycles. The zero-order chi connectivity index (χ0) is 13.3. The molecule has 0 fully saturated rings. The average molecular weight is 263 g/mol. The molecule has 0 aromatic carbocycles. The molecule has 0 rings (SSSR count). The van der Waals surface area contributed by atoms with E-state index in [9.17, 15) is 0 Å². The Morgan fingerprint density at radius 2 is 1.53 bits per heavy atom. The zero-order valence-electron chi connectivity index (χ0n) is 12.1. The van der Waals surface area contributed by atoms with Crippen LogP contribution in [0.25, 0.3) is 0 Å². The fourth-order valence-corrected chi connectivity index (χ4v) is 3.91. The van der Waals surface area contributed by atoms with E-state index >= 15 is 0 Å². The van der Waals surface area contributed by atoms with E-state index in [4.69, 9.17) is 9.63 Å². The first-order valence-electron chi connectivity index (χ1n) is 6.76. The quantitative estimate of drug-likeness (QED) is 0.482. The Labute approximate surface area is 108 Å². The minimum absolute atomic E-state index is 0.315. The summed E-state index contributed by atoms with van der Waals surface area (Å²) in [5.74, 6) is 0. The van der Waals surface area contributed by atoms with Crippen molar-refractivity contribution in [3.05, 3.63) is 0 Å². The molecule has 3 nitrogen and oxygen atoms in total. The van der Waals surface area contributed by atoms with Crippen LogP contribution in [0.5, 0.6) is 0 Å². The predicted molar refractivity (Wildman–Crippen MR) is 76.5 cm³/mol. The Balaban J connectivity index is 3.72. The van der Waals surface area contributed by atoms with E-state index in [0.29, 0.717) is 18.7 Å². The van der Waals surface area contributed by atoms with Gasteiger partial charge in [0.1, 0.15) is 8.30 Å². The van der Waals surface area contributed by atoms with Gasteiger partial charge in [-0.3, -0.25) is 4.67 Å². The first-order chi connectivity index (χ1) is 8.00. The van der Waals surface area contributed by atoms with Crippen LogP contribution in [-0.2, 0) is 4.52 Å². The number of aliphatic hydroxyl groups is 1. The summed E-state index contributed by atoms with van der Waals surface area (Å²) in [6.45, 7) is 12.3. The van der Waals surface area contributed by atoms with Crippen molar-refractivity contribution in [2.45, 2.75) is 65.5 Å². The van der Waals surface area contributed by atoms with E-state index in [1.165, 1.54) is 0 Å². The summed E-state index contributed by atoms with van der Waals surface area (Å²) < 4.78 is 8.38. The van der Waals surface area contributed by atoms with Crippen molar-refractivity contribution in [2.75, 3.05) is 19.9 Å². The molecule has 0 spiro atoms. The Morgan fingerprint density at radius 1 is 1.00 bits per heavy atom. The maximum atomic E-state index is 8.67. The lowest BCUT2D eigenvalue weighted by Crippen LogP contribution is -2.32. The van der Waals surface area contributed by atoms with Gasteiger partial charge in [0.25, 0.3) is 0 Å². The highest BCUT2D eigenvalue weighted by Gasteiger charge is 2.20. The average Bonchev–Trinajstić information content (AvgIpc) is 2.22. The molecule has 104 valence electrons. The SMILES string of the molecule is CC(C)N(C(C)C)P(C)OCCCCCCO. The van der Waals surface area contributed by atoms with E-state index in [2.05, 4.69) is 39.0 Å². The number of aliphatic hydroxyl groups excluding tert-OH is 1. The van der Waals surface area contributed by atoms with Crippen LogP contribution in [0, 0.1) is 0 Å². The Hall–Kier alpha value is 0.310. The topological polar surface area (TPSA) is 32.7 Å². The Morgan fingerprint density at radius 3 is 2.00 bits per heavy atom. The molecule has 0 saturated carbocycles. The summed E-state index contributed by atoms with van der Waals surface area (Å²) in [5.41, 5.74) is 0. The van der Waals surface area contributed by atoms with Crippen LogP contribution in [0.4, 0.5) is 0 Å². The van der Waals surface area contributed by atoms with Crippen molar-refractivity contribution in [1.29, 1.82) is 0 Å². The lowest BCUT2D eigenvalue weighted by molar-refractivity contribution is 0.248. The van der Waals surface area contributed by atoms with E-state index in [-0.39, 0.29) is 0 Å². The Bertz CT molecular complexity index is 169. The zero-order valence-corrected chi connectivity index (χ0v) is 13.0. The van der Waals surface area contributed by atoms with Crippen molar-refractivity contribution in [2.24, 2.45) is 0 Å². The molecular formula is C13H30NO2P. The second-order valence-corrected chi connectivity index (χ2v) is 6.65. The Kier molecular flexibility index (Phi) is 10.4. The molecule has 0 aliphatic rings. The predicted octanol–water partition coefficient (Wildman–Crippen LogP) is 3.62. The first kappa shape index (κ1) is 17.3. The summed E-state index contributed by atoms with van der Waals surface area (Å²) >= 11 is 0. The minimum atomic E-state index is -0.463. The molecule has 0 heterocycles. The van der Waals surface area contributed by atoms with Gasteiger partial charge in [-0.25, -0.2) is 0 Å². The minimum Gasteiger partial charge on any atom is -0.396 e. The number of nitrogens with zero attached hydrogens (tertiary/aromatic N) is 1. The van der Waals surface area contributed by atoms with Gasteiger partial charge in [0.15, 0.2) is 0 Å². The van der Waals surface area contributed by atoms with Gasteiger partial charge in [-0.15, -0.1) is 0 Å². The van der Waals surface area contributed by atoms with Crippen LogP contribution in [-0.4, -0.2) is 41.7 Å². The summed E-state index contributed by atoms with van der Waals surface area (Å²) in [6.07, 6.45) is 4.30. The summed E-state index contributed by atoms with van der Waals surface area (Å²) in [4.78, 5) is 0. The van der Waals surface area contributed by atoms with Gasteiger partial charge in [0.05, 0.1) is 6.61 Å². The van der Waals surface area contributed by atoms with E-state index < -0.39 is 8.30 Å². The molecule has 0 aromatic rings. The molecule has 0 aliphatic heterocycles. The number of hydrogen-bond donors (Lipinski definition) is 1. The van der Waals surface area contributed by atoms with Crippen molar-refractivity contribution in [1.82, 2.24) is 4.67 Å². The van der Waals surface area contributed by atoms with Crippen LogP contribution in [0.15, 0.2) is 0 Å². The standard InChI is InChI=1S/C13H30NO2P/c1-12(2)14(13(3)4)17(5)16-11-9-7-6-8-10-15/h12-13,15H,6-11H2,1-5H3. The number of unbranched alkanes of at least 4 members (excludes halogenated alkanes) is 3. The van der Waals surface area contributed by atoms with Crippen LogP contribution < -0.4 is 0 Å². The smallest absolute Gasteiger partial charge is 0.101 e. The van der Waals surface area contributed by atoms with Crippen molar-refractivity contribution in [3.63, 3.8) is 0 Å². The summed E-state index contributed by atoms with van der Waals surface area (Å²) in [6, 6.07) is 1.08. The lowest BCUT2D eigenvalue weighted by Gasteiger charge is -2.35. The second-order valence-electron chi connectivity index (χ2n) is 5.00. The van der Waals surface area contributed by atoms with Crippen molar-refractivity contribution >= 4 is 8.30 Å². The van der Waals surface area contributed by atoms with Crippen LogP contribution >= 0.6 is 8.30 Å². The van der Waals surface area contributed by atoms with Crippen molar-refractivity contribution in [3.8, 4) is 0 Å². The van der Waals surface area contributed by atoms with E-state index in [0.717, 1.165) is 32.3 Å². The highest BCUT2D eigenvalue weighted by molar-refractivity contribution is 7.49. The van der Waals surface area contributed by atoms with Gasteiger partial charge in [0, 0.05) is 18.7 Å². The molecule has 4 heteroatoms. The normalized spacial score (nSPS) is 13.9. The first-order valence-corrected chi connectivity index (χ1v) is 8.42. The third-order valence-corrected chi connectivity index (χ3v) is 4.84. The summed E-state index contributed by atoms with van der Waals surface area (Å²) in [7, 11) is -0.463. The van der Waals surface area contributed by atoms with Gasteiger partial charge in [-0.05, 0) is 47.2 Å². The second kappa shape index (κ2) is 10.3. The van der Waals surface area contributed by atoms with Crippen LogP contribution in [0.3, 0.4) is 0 Å². The molecule has 0 aliphatic carbocycles. The molecule has 17 heavy (non-hydrogen) atoms.